The molecule has 0 aliphatic rings. The first-order chi connectivity index (χ1) is 9.75. The van der Waals surface area contributed by atoms with Crippen molar-refractivity contribution in [2.75, 3.05) is 0 Å². The molecule has 0 unspecified atom stereocenters. The molecular formula is C13H10BrF2NO3S. The number of halogens is 3. The second-order valence-corrected chi connectivity index (χ2v) is 6.65. The van der Waals surface area contributed by atoms with E-state index in [0.29, 0.717) is 4.47 Å². The van der Waals surface area contributed by atoms with E-state index in [9.17, 15) is 17.2 Å². The molecule has 0 fully saturated rings. The Morgan fingerprint density at radius 1 is 1.10 bits per heavy atom. The minimum Gasteiger partial charge on any atom is -0.487 e. The lowest BCUT2D eigenvalue weighted by Crippen LogP contribution is -2.14. The molecule has 2 N–H and O–H groups in total. The van der Waals surface area contributed by atoms with Gasteiger partial charge in [-0.1, -0.05) is 15.9 Å². The highest BCUT2D eigenvalue weighted by Crippen LogP contribution is 2.27. The minimum absolute atomic E-state index is 0.00497. The smallest absolute Gasteiger partial charge is 0.241 e. The first-order valence-electron chi connectivity index (χ1n) is 5.66. The summed E-state index contributed by atoms with van der Waals surface area (Å²) in [5.41, 5.74) is 0.232. The van der Waals surface area contributed by atoms with Crippen LogP contribution in [0.25, 0.3) is 0 Å². The zero-order chi connectivity index (χ0) is 15.6. The molecule has 8 heteroatoms. The Bertz CT molecular complexity index is 761. The number of hydrogen-bond donors (Lipinski definition) is 1. The van der Waals surface area contributed by atoms with Crippen molar-refractivity contribution < 1.29 is 21.9 Å². The van der Waals surface area contributed by atoms with Gasteiger partial charge < -0.3 is 4.74 Å². The van der Waals surface area contributed by atoms with Crippen LogP contribution in [0.4, 0.5) is 8.78 Å². The fourth-order valence-electron chi connectivity index (χ4n) is 1.68. The van der Waals surface area contributed by atoms with Crippen LogP contribution in [0.5, 0.6) is 5.75 Å². The highest BCUT2D eigenvalue weighted by molar-refractivity contribution is 9.10. The largest absolute Gasteiger partial charge is 0.487 e. The van der Waals surface area contributed by atoms with Gasteiger partial charge in [-0.2, -0.15) is 0 Å². The van der Waals surface area contributed by atoms with Gasteiger partial charge in [0, 0.05) is 10.5 Å². The lowest BCUT2D eigenvalue weighted by atomic mass is 10.2. The number of nitrogens with two attached hydrogens (primary N) is 1. The maximum Gasteiger partial charge on any atom is 0.241 e. The zero-order valence-corrected chi connectivity index (χ0v) is 12.9. The van der Waals surface area contributed by atoms with E-state index in [1.54, 1.807) is 6.07 Å². The van der Waals surface area contributed by atoms with Crippen LogP contribution in [0.15, 0.2) is 45.8 Å². The summed E-state index contributed by atoms with van der Waals surface area (Å²) < 4.78 is 54.9. The van der Waals surface area contributed by atoms with Crippen molar-refractivity contribution in [3.05, 3.63) is 58.1 Å². The number of ether oxygens (including phenoxy) is 1. The van der Waals surface area contributed by atoms with E-state index in [1.807, 2.05) is 0 Å². The lowest BCUT2D eigenvalue weighted by molar-refractivity contribution is 0.296. The predicted octanol–water partition coefficient (Wildman–Crippen LogP) is 2.95. The molecule has 2 aromatic carbocycles. The molecule has 2 rings (SSSR count). The Kier molecular flexibility index (Phi) is 4.60. The molecule has 0 atom stereocenters. The van der Waals surface area contributed by atoms with Crippen LogP contribution in [0.2, 0.25) is 0 Å². The molecule has 0 saturated heterocycles. The Labute approximate surface area is 128 Å². The van der Waals surface area contributed by atoms with Gasteiger partial charge >= 0.3 is 0 Å². The van der Waals surface area contributed by atoms with Gasteiger partial charge in [0.2, 0.25) is 10.0 Å². The molecule has 112 valence electrons. The molecule has 0 radical (unpaired) electrons. The molecule has 0 bridgehead atoms. The molecule has 21 heavy (non-hydrogen) atoms. The molecular weight excluding hydrogens is 368 g/mol. The first-order valence-corrected chi connectivity index (χ1v) is 8.00. The Morgan fingerprint density at radius 2 is 1.71 bits per heavy atom. The van der Waals surface area contributed by atoms with Crippen molar-refractivity contribution in [2.24, 2.45) is 5.14 Å². The van der Waals surface area contributed by atoms with Crippen molar-refractivity contribution in [3.63, 3.8) is 0 Å². The molecule has 0 saturated carbocycles. The molecule has 0 heterocycles. The van der Waals surface area contributed by atoms with Crippen LogP contribution >= 0.6 is 15.9 Å². The number of rotatable bonds is 4. The van der Waals surface area contributed by atoms with Gasteiger partial charge in [-0.05, 0) is 35.9 Å². The molecule has 0 amide bonds. The Balaban J connectivity index is 2.28. The predicted molar refractivity (Wildman–Crippen MR) is 76.2 cm³/mol. The standard InChI is InChI=1S/C13H10BrF2NO3S/c14-9-1-2-12(13(5-9)21(17,18)19)20-7-8-3-10(15)6-11(16)4-8/h1-6H,7H2,(H2,17,18,19). The van der Waals surface area contributed by atoms with Crippen molar-refractivity contribution in [2.45, 2.75) is 11.5 Å². The number of primary sulfonamides is 1. The van der Waals surface area contributed by atoms with Gasteiger partial charge in [-0.15, -0.1) is 0 Å². The summed E-state index contributed by atoms with van der Waals surface area (Å²) in [6.45, 7) is -0.196. The van der Waals surface area contributed by atoms with Crippen LogP contribution in [0, 0.1) is 11.6 Å². The SMILES string of the molecule is NS(=O)(=O)c1cc(Br)ccc1OCc1cc(F)cc(F)c1. The highest BCUT2D eigenvalue weighted by Gasteiger charge is 2.16. The quantitative estimate of drug-likeness (QED) is 0.890. The number of sulfonamides is 1. The number of hydrogen-bond acceptors (Lipinski definition) is 3. The third-order valence-electron chi connectivity index (χ3n) is 2.53. The average molecular weight is 378 g/mol. The van der Waals surface area contributed by atoms with Crippen LogP contribution in [-0.2, 0) is 16.6 Å². The Morgan fingerprint density at radius 3 is 2.29 bits per heavy atom. The highest BCUT2D eigenvalue weighted by atomic mass is 79.9. The molecule has 0 aromatic heterocycles. The second kappa shape index (κ2) is 6.08. The third kappa shape index (κ3) is 4.23. The van der Waals surface area contributed by atoms with E-state index in [1.165, 1.54) is 12.1 Å². The normalized spacial score (nSPS) is 11.4. The molecule has 4 nitrogen and oxygen atoms in total. The second-order valence-electron chi connectivity index (χ2n) is 4.20. The fraction of sp³-hybridized carbons (Fsp3) is 0.0769. The summed E-state index contributed by atoms with van der Waals surface area (Å²) >= 11 is 3.13. The van der Waals surface area contributed by atoms with Crippen molar-refractivity contribution in [1.82, 2.24) is 0 Å². The molecule has 0 aliphatic carbocycles. The van der Waals surface area contributed by atoms with Crippen LogP contribution in [0.1, 0.15) is 5.56 Å². The zero-order valence-electron chi connectivity index (χ0n) is 10.5. The number of benzene rings is 2. The molecule has 0 spiro atoms. The summed E-state index contributed by atoms with van der Waals surface area (Å²) in [7, 11) is -3.98. The van der Waals surface area contributed by atoms with Gasteiger partial charge in [0.15, 0.2) is 0 Å². The van der Waals surface area contributed by atoms with E-state index in [-0.39, 0.29) is 22.8 Å². The van der Waals surface area contributed by atoms with Crippen molar-refractivity contribution in [3.8, 4) is 5.75 Å². The minimum atomic E-state index is -3.98. The van der Waals surface area contributed by atoms with Gasteiger partial charge in [0.25, 0.3) is 0 Å². The van der Waals surface area contributed by atoms with Gasteiger partial charge in [0.1, 0.15) is 28.9 Å². The fourth-order valence-corrected chi connectivity index (χ4v) is 2.89. The molecule has 2 aromatic rings. The summed E-state index contributed by atoms with van der Waals surface area (Å²) in [5.74, 6) is -1.47. The summed E-state index contributed by atoms with van der Waals surface area (Å²) in [4.78, 5) is -0.214. The van der Waals surface area contributed by atoms with Gasteiger partial charge in [0.05, 0.1) is 0 Å². The van der Waals surface area contributed by atoms with Gasteiger partial charge in [-0.3, -0.25) is 0 Å². The first kappa shape index (κ1) is 15.9. The lowest BCUT2D eigenvalue weighted by Gasteiger charge is -2.11. The monoisotopic (exact) mass is 377 g/mol. The van der Waals surface area contributed by atoms with Gasteiger partial charge in [-0.25, -0.2) is 22.3 Å². The topological polar surface area (TPSA) is 69.4 Å². The van der Waals surface area contributed by atoms with E-state index in [0.717, 1.165) is 18.2 Å². The van der Waals surface area contributed by atoms with Crippen LogP contribution in [0.3, 0.4) is 0 Å². The molecule has 0 aliphatic heterocycles. The third-order valence-corrected chi connectivity index (χ3v) is 3.95. The summed E-state index contributed by atoms with van der Waals surface area (Å²) in [5, 5.41) is 5.10. The van der Waals surface area contributed by atoms with Crippen molar-refractivity contribution >= 4 is 26.0 Å². The summed E-state index contributed by atoms with van der Waals surface area (Å²) in [6, 6.07) is 7.18. The van der Waals surface area contributed by atoms with E-state index in [2.05, 4.69) is 15.9 Å². The van der Waals surface area contributed by atoms with Crippen LogP contribution in [-0.4, -0.2) is 8.42 Å². The van der Waals surface area contributed by atoms with E-state index < -0.39 is 21.7 Å². The summed E-state index contributed by atoms with van der Waals surface area (Å²) in [6.07, 6.45) is 0. The maximum absolute atomic E-state index is 13.1. The van der Waals surface area contributed by atoms with Crippen LogP contribution < -0.4 is 9.88 Å². The maximum atomic E-state index is 13.1. The van der Waals surface area contributed by atoms with E-state index in [4.69, 9.17) is 9.88 Å². The van der Waals surface area contributed by atoms with Crippen molar-refractivity contribution in [1.29, 1.82) is 0 Å². The Hall–Kier alpha value is -1.51. The average Bonchev–Trinajstić information content (AvgIpc) is 2.35. The van der Waals surface area contributed by atoms with E-state index >= 15 is 0 Å².